The van der Waals surface area contributed by atoms with Gasteiger partial charge in [0.05, 0.1) is 0 Å². The third-order valence-electron chi connectivity index (χ3n) is 5.15. The first-order chi connectivity index (χ1) is 12.1. The molecule has 148 valence electrons. The molecule has 0 saturated carbocycles. The van der Waals surface area contributed by atoms with Gasteiger partial charge < -0.3 is 10.2 Å². The molecule has 2 fully saturated rings. The zero-order valence-electron chi connectivity index (χ0n) is 16.2. The van der Waals surface area contributed by atoms with Crippen molar-refractivity contribution in [3.8, 4) is 0 Å². The largest absolute Gasteiger partial charge is 0.356 e. The van der Waals surface area contributed by atoms with Crippen LogP contribution < -0.4 is 5.32 Å². The van der Waals surface area contributed by atoms with Gasteiger partial charge in [0.15, 0.2) is 5.96 Å². The number of hydrogen-bond donors (Lipinski definition) is 1. The lowest BCUT2D eigenvalue weighted by atomic mass is 9.97. The van der Waals surface area contributed by atoms with Gasteiger partial charge in [0.25, 0.3) is 0 Å². The molecule has 1 N–H and O–H groups in total. The second kappa shape index (κ2) is 10.5. The van der Waals surface area contributed by atoms with Gasteiger partial charge in [-0.05, 0) is 57.1 Å². The molecule has 1 aromatic rings. The minimum atomic E-state index is 0. The molecule has 2 aliphatic heterocycles. The van der Waals surface area contributed by atoms with E-state index in [0.29, 0.717) is 4.75 Å². The molecule has 26 heavy (non-hydrogen) atoms. The summed E-state index contributed by atoms with van der Waals surface area (Å²) in [5, 5.41) is 5.84. The van der Waals surface area contributed by atoms with Gasteiger partial charge in [-0.3, -0.25) is 9.89 Å². The lowest BCUT2D eigenvalue weighted by Gasteiger charge is -2.39. The summed E-state index contributed by atoms with van der Waals surface area (Å²) in [7, 11) is 1.92. The van der Waals surface area contributed by atoms with Crippen molar-refractivity contribution < 1.29 is 0 Å². The lowest BCUT2D eigenvalue weighted by Crippen LogP contribution is -2.52. The summed E-state index contributed by atoms with van der Waals surface area (Å²) in [4.78, 5) is 11.1. The Morgan fingerprint density at radius 1 is 1.31 bits per heavy atom. The van der Waals surface area contributed by atoms with Crippen LogP contribution in [0.15, 0.2) is 22.5 Å². The van der Waals surface area contributed by atoms with E-state index in [1.807, 2.05) is 18.4 Å². The number of halogens is 1. The fraction of sp³-hybridized carbons (Fsp3) is 0.737. The normalized spacial score (nSPS) is 22.1. The number of thiophene rings is 1. The molecule has 0 aliphatic carbocycles. The standard InChI is InChI=1S/C19H32N4S2.HI/c1-19(2)15-23(10-12-25-19)18(20-3)21-13-16-6-8-22(9-7-16)14-17-5-4-11-24-17;/h4-5,11,16H,6-10,12-15H2,1-3H3,(H,20,21);1H. The number of guanidine groups is 1. The van der Waals surface area contributed by atoms with E-state index in [-0.39, 0.29) is 24.0 Å². The Hall–Kier alpha value is 0.01000. The molecular weight excluding hydrogens is 475 g/mol. The molecule has 7 heteroatoms. The van der Waals surface area contributed by atoms with Crippen LogP contribution in [0.5, 0.6) is 0 Å². The van der Waals surface area contributed by atoms with E-state index in [9.17, 15) is 0 Å². The fourth-order valence-corrected chi connectivity index (χ4v) is 5.59. The van der Waals surface area contributed by atoms with Crippen molar-refractivity contribution in [1.29, 1.82) is 0 Å². The van der Waals surface area contributed by atoms with Crippen LogP contribution >= 0.6 is 47.1 Å². The Kier molecular flexibility index (Phi) is 9.03. The SMILES string of the molecule is CN=C(NCC1CCN(Cc2cccs2)CC1)N1CCSC(C)(C)C1.I. The average Bonchev–Trinajstić information content (AvgIpc) is 3.09. The van der Waals surface area contributed by atoms with Gasteiger partial charge in [-0.1, -0.05) is 6.07 Å². The maximum atomic E-state index is 4.54. The van der Waals surface area contributed by atoms with Gasteiger partial charge in [0, 0.05) is 48.6 Å². The second-order valence-corrected chi connectivity index (χ2v) is 10.6. The van der Waals surface area contributed by atoms with Crippen LogP contribution in [0, 0.1) is 5.92 Å². The molecule has 2 aliphatic rings. The highest BCUT2D eigenvalue weighted by atomic mass is 127. The monoisotopic (exact) mass is 508 g/mol. The number of nitrogens with zero attached hydrogens (tertiary/aromatic N) is 3. The summed E-state index contributed by atoms with van der Waals surface area (Å²) in [6.45, 7) is 11.5. The summed E-state index contributed by atoms with van der Waals surface area (Å²) in [6.07, 6.45) is 2.58. The lowest BCUT2D eigenvalue weighted by molar-refractivity contribution is 0.178. The van der Waals surface area contributed by atoms with E-state index in [4.69, 9.17) is 0 Å². The van der Waals surface area contributed by atoms with Gasteiger partial charge in [-0.2, -0.15) is 11.8 Å². The molecule has 3 heterocycles. The van der Waals surface area contributed by atoms with Crippen LogP contribution in [0.4, 0.5) is 0 Å². The third-order valence-corrected chi connectivity index (χ3v) is 7.31. The molecule has 0 aromatic carbocycles. The van der Waals surface area contributed by atoms with Crippen molar-refractivity contribution in [2.75, 3.05) is 45.5 Å². The predicted molar refractivity (Wildman–Crippen MR) is 127 cm³/mol. The van der Waals surface area contributed by atoms with Crippen molar-refractivity contribution in [2.45, 2.75) is 38.0 Å². The molecule has 4 nitrogen and oxygen atoms in total. The highest BCUT2D eigenvalue weighted by Gasteiger charge is 2.29. The summed E-state index contributed by atoms with van der Waals surface area (Å²) in [5.41, 5.74) is 0. The maximum absolute atomic E-state index is 4.54. The molecule has 0 spiro atoms. The molecule has 0 unspecified atom stereocenters. The van der Waals surface area contributed by atoms with Gasteiger partial charge in [-0.25, -0.2) is 0 Å². The second-order valence-electron chi connectivity index (χ2n) is 7.76. The molecular formula is C19H33IN4S2. The minimum absolute atomic E-state index is 0. The predicted octanol–water partition coefficient (Wildman–Crippen LogP) is 3.98. The number of thioether (sulfide) groups is 1. The molecule has 0 radical (unpaired) electrons. The van der Waals surface area contributed by atoms with Crippen LogP contribution in [-0.2, 0) is 6.54 Å². The van der Waals surface area contributed by atoms with Crippen LogP contribution in [0.25, 0.3) is 0 Å². The highest BCUT2D eigenvalue weighted by Crippen LogP contribution is 2.29. The molecule has 0 bridgehead atoms. The van der Waals surface area contributed by atoms with E-state index in [0.717, 1.165) is 38.1 Å². The zero-order chi connectivity index (χ0) is 17.7. The summed E-state index contributed by atoms with van der Waals surface area (Å²) in [6, 6.07) is 4.41. The third kappa shape index (κ3) is 6.56. The Morgan fingerprint density at radius 2 is 2.08 bits per heavy atom. The summed E-state index contributed by atoms with van der Waals surface area (Å²) < 4.78 is 0.322. The van der Waals surface area contributed by atoms with Crippen molar-refractivity contribution in [2.24, 2.45) is 10.9 Å². The average molecular weight is 509 g/mol. The number of nitrogens with one attached hydrogen (secondary N) is 1. The topological polar surface area (TPSA) is 30.9 Å². The van der Waals surface area contributed by atoms with Crippen molar-refractivity contribution in [3.63, 3.8) is 0 Å². The smallest absolute Gasteiger partial charge is 0.193 e. The van der Waals surface area contributed by atoms with Gasteiger partial charge in [0.1, 0.15) is 0 Å². The summed E-state index contributed by atoms with van der Waals surface area (Å²) >= 11 is 3.94. The zero-order valence-corrected chi connectivity index (χ0v) is 20.2. The van der Waals surface area contributed by atoms with Crippen LogP contribution in [0.2, 0.25) is 0 Å². The van der Waals surface area contributed by atoms with Crippen LogP contribution in [0.1, 0.15) is 31.6 Å². The highest BCUT2D eigenvalue weighted by molar-refractivity contribution is 14.0. The van der Waals surface area contributed by atoms with E-state index in [1.54, 1.807) is 0 Å². The quantitative estimate of drug-likeness (QED) is 0.379. The molecule has 0 amide bonds. The first kappa shape index (κ1) is 22.3. The van der Waals surface area contributed by atoms with Gasteiger partial charge in [0.2, 0.25) is 0 Å². The first-order valence-corrected chi connectivity index (χ1v) is 11.3. The van der Waals surface area contributed by atoms with Crippen LogP contribution in [0.3, 0.4) is 0 Å². The van der Waals surface area contributed by atoms with Crippen molar-refractivity contribution in [3.05, 3.63) is 22.4 Å². The van der Waals surface area contributed by atoms with Gasteiger partial charge >= 0.3 is 0 Å². The molecule has 3 rings (SSSR count). The number of rotatable bonds is 4. The molecule has 1 aromatic heterocycles. The molecule has 0 atom stereocenters. The van der Waals surface area contributed by atoms with Crippen LogP contribution in [-0.4, -0.2) is 66.0 Å². The fourth-order valence-electron chi connectivity index (χ4n) is 3.74. The number of piperidine rings is 1. The maximum Gasteiger partial charge on any atom is 0.193 e. The van der Waals surface area contributed by atoms with E-state index < -0.39 is 0 Å². The first-order valence-electron chi connectivity index (χ1n) is 9.40. The number of hydrogen-bond acceptors (Lipinski definition) is 4. The molecule has 2 saturated heterocycles. The Labute approximate surface area is 184 Å². The van der Waals surface area contributed by atoms with E-state index >= 15 is 0 Å². The van der Waals surface area contributed by atoms with E-state index in [1.165, 1.54) is 36.6 Å². The Morgan fingerprint density at radius 3 is 2.69 bits per heavy atom. The van der Waals surface area contributed by atoms with Gasteiger partial charge in [-0.15, -0.1) is 35.3 Å². The van der Waals surface area contributed by atoms with Crippen molar-refractivity contribution in [1.82, 2.24) is 15.1 Å². The Balaban J connectivity index is 0.00000243. The minimum Gasteiger partial charge on any atom is -0.356 e. The van der Waals surface area contributed by atoms with Crippen molar-refractivity contribution >= 4 is 53.0 Å². The Bertz CT molecular complexity index is 554. The van der Waals surface area contributed by atoms with E-state index in [2.05, 4.69) is 63.2 Å². The number of likely N-dealkylation sites (tertiary alicyclic amines) is 1. The summed E-state index contributed by atoms with van der Waals surface area (Å²) in [5.74, 6) is 3.05. The number of aliphatic imine (C=N–C) groups is 1.